The molecular formula is C15H23F3IN3O. The van der Waals surface area contributed by atoms with E-state index in [1.807, 2.05) is 37.3 Å². The van der Waals surface area contributed by atoms with E-state index in [2.05, 4.69) is 15.6 Å². The minimum Gasteiger partial charge on any atom is -0.375 e. The number of nitrogens with zero attached hydrogens (tertiary/aromatic N) is 1. The van der Waals surface area contributed by atoms with Gasteiger partial charge in [0, 0.05) is 20.2 Å². The summed E-state index contributed by atoms with van der Waals surface area (Å²) in [4.78, 5) is 4.28. The van der Waals surface area contributed by atoms with Crippen LogP contribution in [0.1, 0.15) is 25.0 Å². The van der Waals surface area contributed by atoms with Crippen LogP contribution in [0.3, 0.4) is 0 Å². The van der Waals surface area contributed by atoms with Crippen LogP contribution in [0, 0.1) is 0 Å². The van der Waals surface area contributed by atoms with Crippen LogP contribution in [0.5, 0.6) is 0 Å². The van der Waals surface area contributed by atoms with Crippen molar-refractivity contribution in [3.63, 3.8) is 0 Å². The summed E-state index contributed by atoms with van der Waals surface area (Å²) >= 11 is 0. The third kappa shape index (κ3) is 9.65. The molecule has 0 aliphatic heterocycles. The molecule has 0 aliphatic carbocycles. The number of alkyl halides is 3. The molecular weight excluding hydrogens is 422 g/mol. The molecule has 0 bridgehead atoms. The van der Waals surface area contributed by atoms with Gasteiger partial charge in [0.25, 0.3) is 0 Å². The molecule has 8 heteroatoms. The van der Waals surface area contributed by atoms with Crippen molar-refractivity contribution in [2.75, 3.05) is 26.7 Å². The molecule has 0 saturated carbocycles. The Bertz CT molecular complexity index is 455. The fraction of sp³-hybridized carbons (Fsp3) is 0.533. The molecule has 0 saturated heterocycles. The Morgan fingerprint density at radius 2 is 1.87 bits per heavy atom. The zero-order valence-electron chi connectivity index (χ0n) is 13.2. The lowest BCUT2D eigenvalue weighted by Crippen LogP contribution is -2.39. The molecule has 1 aromatic rings. The second-order valence-corrected chi connectivity index (χ2v) is 4.65. The summed E-state index contributed by atoms with van der Waals surface area (Å²) in [6, 6.07) is 9.55. The van der Waals surface area contributed by atoms with Crippen LogP contribution in [0.15, 0.2) is 35.3 Å². The van der Waals surface area contributed by atoms with Gasteiger partial charge in [0.1, 0.15) is 6.10 Å². The van der Waals surface area contributed by atoms with Crippen molar-refractivity contribution in [2.24, 2.45) is 4.99 Å². The smallest absolute Gasteiger partial charge is 0.375 e. The highest BCUT2D eigenvalue weighted by Gasteiger charge is 2.26. The first-order valence-electron chi connectivity index (χ1n) is 7.13. The van der Waals surface area contributed by atoms with Crippen molar-refractivity contribution in [1.82, 2.24) is 10.6 Å². The van der Waals surface area contributed by atoms with Crippen molar-refractivity contribution in [3.8, 4) is 0 Å². The zero-order chi connectivity index (χ0) is 16.4. The van der Waals surface area contributed by atoms with Gasteiger partial charge in [0.05, 0.1) is 13.0 Å². The topological polar surface area (TPSA) is 45.7 Å². The van der Waals surface area contributed by atoms with Crippen LogP contribution >= 0.6 is 24.0 Å². The first kappa shape index (κ1) is 22.0. The number of methoxy groups -OCH3 is 1. The highest BCUT2D eigenvalue weighted by atomic mass is 127. The van der Waals surface area contributed by atoms with Gasteiger partial charge in [-0.1, -0.05) is 30.3 Å². The molecule has 23 heavy (non-hydrogen) atoms. The summed E-state index contributed by atoms with van der Waals surface area (Å²) < 4.78 is 41.9. The average molecular weight is 445 g/mol. The number of hydrogen-bond donors (Lipinski definition) is 2. The van der Waals surface area contributed by atoms with Crippen LogP contribution in [0.2, 0.25) is 0 Å². The van der Waals surface area contributed by atoms with Gasteiger partial charge in [-0.2, -0.15) is 13.2 Å². The summed E-state index contributed by atoms with van der Waals surface area (Å²) in [6.45, 7) is 2.53. The average Bonchev–Trinajstić information content (AvgIpc) is 2.47. The van der Waals surface area contributed by atoms with Crippen LogP contribution in [0.4, 0.5) is 13.2 Å². The number of hydrogen-bond acceptors (Lipinski definition) is 2. The fourth-order valence-corrected chi connectivity index (χ4v) is 1.82. The molecule has 0 aromatic heterocycles. The summed E-state index contributed by atoms with van der Waals surface area (Å²) in [5, 5.41) is 5.59. The highest BCUT2D eigenvalue weighted by Crippen LogP contribution is 2.18. The number of benzene rings is 1. The maximum Gasteiger partial charge on any atom is 0.390 e. The van der Waals surface area contributed by atoms with Crippen LogP contribution in [-0.2, 0) is 4.74 Å². The molecule has 0 aliphatic rings. The van der Waals surface area contributed by atoms with E-state index in [0.29, 0.717) is 19.0 Å². The third-order valence-corrected chi connectivity index (χ3v) is 2.92. The molecule has 1 rings (SSSR count). The normalized spacial score (nSPS) is 13.2. The monoisotopic (exact) mass is 445 g/mol. The number of ether oxygens (including phenoxy) is 1. The molecule has 0 radical (unpaired) electrons. The SMILES string of the molecule is CCNC(=NCC(OC)c1ccccc1)NCCC(F)(F)F.I. The largest absolute Gasteiger partial charge is 0.390 e. The third-order valence-electron chi connectivity index (χ3n) is 2.92. The number of guanidine groups is 1. The lowest BCUT2D eigenvalue weighted by Gasteiger charge is -2.16. The highest BCUT2D eigenvalue weighted by molar-refractivity contribution is 14.0. The Morgan fingerprint density at radius 1 is 1.22 bits per heavy atom. The zero-order valence-corrected chi connectivity index (χ0v) is 15.5. The summed E-state index contributed by atoms with van der Waals surface area (Å²) in [7, 11) is 1.58. The van der Waals surface area contributed by atoms with Crippen molar-refractivity contribution >= 4 is 29.9 Å². The first-order valence-corrected chi connectivity index (χ1v) is 7.13. The lowest BCUT2D eigenvalue weighted by atomic mass is 10.1. The minimum atomic E-state index is -4.18. The van der Waals surface area contributed by atoms with Gasteiger partial charge < -0.3 is 15.4 Å². The number of aliphatic imine (C=N–C) groups is 1. The van der Waals surface area contributed by atoms with Gasteiger partial charge in [-0.15, -0.1) is 24.0 Å². The van der Waals surface area contributed by atoms with E-state index in [4.69, 9.17) is 4.74 Å². The second-order valence-electron chi connectivity index (χ2n) is 4.65. The molecule has 0 heterocycles. The quantitative estimate of drug-likeness (QED) is 0.384. The van der Waals surface area contributed by atoms with Gasteiger partial charge in [0.15, 0.2) is 5.96 Å². The van der Waals surface area contributed by atoms with Gasteiger partial charge in [-0.05, 0) is 12.5 Å². The van der Waals surface area contributed by atoms with Crippen molar-refractivity contribution < 1.29 is 17.9 Å². The Hall–Kier alpha value is -1.03. The Morgan fingerprint density at radius 3 is 2.39 bits per heavy atom. The van der Waals surface area contributed by atoms with Crippen LogP contribution in [0.25, 0.3) is 0 Å². The molecule has 1 aromatic carbocycles. The van der Waals surface area contributed by atoms with E-state index in [-0.39, 0.29) is 36.6 Å². The van der Waals surface area contributed by atoms with Crippen LogP contribution in [-0.4, -0.2) is 38.9 Å². The summed E-state index contributed by atoms with van der Waals surface area (Å²) in [5.41, 5.74) is 0.972. The molecule has 0 amide bonds. The molecule has 2 N–H and O–H groups in total. The van der Waals surface area contributed by atoms with E-state index in [9.17, 15) is 13.2 Å². The number of nitrogens with one attached hydrogen (secondary N) is 2. The molecule has 4 nitrogen and oxygen atoms in total. The molecule has 1 unspecified atom stereocenters. The number of rotatable bonds is 7. The van der Waals surface area contributed by atoms with E-state index in [1.165, 1.54) is 0 Å². The standard InChI is InChI=1S/C15H22F3N3O.HI/c1-3-19-14(20-10-9-15(16,17)18)21-11-13(22-2)12-7-5-4-6-8-12;/h4-8,13H,3,9-11H2,1-2H3,(H2,19,20,21);1H. The van der Waals surface area contributed by atoms with Crippen LogP contribution < -0.4 is 10.6 Å². The molecule has 0 spiro atoms. The van der Waals surface area contributed by atoms with Gasteiger partial charge >= 0.3 is 6.18 Å². The Balaban J connectivity index is 0.00000484. The van der Waals surface area contributed by atoms with Crippen molar-refractivity contribution in [1.29, 1.82) is 0 Å². The van der Waals surface area contributed by atoms with E-state index < -0.39 is 12.6 Å². The van der Waals surface area contributed by atoms with E-state index in [1.54, 1.807) is 7.11 Å². The molecule has 1 atom stereocenters. The van der Waals surface area contributed by atoms with Gasteiger partial charge in [0.2, 0.25) is 0 Å². The maximum absolute atomic E-state index is 12.2. The predicted octanol–water partition coefficient (Wildman–Crippen LogP) is 3.50. The first-order chi connectivity index (χ1) is 10.5. The minimum absolute atomic E-state index is 0. The molecule has 132 valence electrons. The van der Waals surface area contributed by atoms with E-state index in [0.717, 1.165) is 5.56 Å². The lowest BCUT2D eigenvalue weighted by molar-refractivity contribution is -0.132. The van der Waals surface area contributed by atoms with Crippen molar-refractivity contribution in [2.45, 2.75) is 25.6 Å². The van der Waals surface area contributed by atoms with Gasteiger partial charge in [-0.25, -0.2) is 0 Å². The maximum atomic E-state index is 12.2. The van der Waals surface area contributed by atoms with Crippen molar-refractivity contribution in [3.05, 3.63) is 35.9 Å². The molecule has 0 fully saturated rings. The predicted molar refractivity (Wildman–Crippen MR) is 96.3 cm³/mol. The summed E-state index contributed by atoms with van der Waals surface area (Å²) in [5.74, 6) is 0.352. The number of halogens is 4. The van der Waals surface area contributed by atoms with E-state index >= 15 is 0 Å². The Labute approximate surface area is 151 Å². The Kier molecular flexibility index (Phi) is 11.0. The fourth-order valence-electron chi connectivity index (χ4n) is 1.82. The second kappa shape index (κ2) is 11.5. The van der Waals surface area contributed by atoms with Gasteiger partial charge in [-0.3, -0.25) is 4.99 Å². The summed E-state index contributed by atoms with van der Waals surface area (Å²) in [6.07, 6.45) is -5.31.